The highest BCUT2D eigenvalue weighted by Crippen LogP contribution is 2.25. The van der Waals surface area contributed by atoms with Gasteiger partial charge in [-0.25, -0.2) is 0 Å². The molecule has 0 N–H and O–H groups in total. The van der Waals surface area contributed by atoms with Gasteiger partial charge in [0.05, 0.1) is 0 Å². The Hall–Kier alpha value is -1.24. The third-order valence-electron chi connectivity index (χ3n) is 2.04. The van der Waals surface area contributed by atoms with Crippen molar-refractivity contribution >= 4 is 13.4 Å². The second kappa shape index (κ2) is 3.02. The summed E-state index contributed by atoms with van der Waals surface area (Å²) in [6.07, 6.45) is 4.96. The minimum absolute atomic E-state index is 0.893. The van der Waals surface area contributed by atoms with Crippen LogP contribution in [0.4, 0.5) is 0 Å². The SMILES string of the molecule is [B]C1=CC=C(c2ccccc2)C1. The lowest BCUT2D eigenvalue weighted by Crippen LogP contribution is -1.82. The van der Waals surface area contributed by atoms with Crippen LogP contribution >= 0.6 is 0 Å². The van der Waals surface area contributed by atoms with E-state index in [9.17, 15) is 0 Å². The normalized spacial score (nSPS) is 15.7. The predicted octanol–water partition coefficient (Wildman–Crippen LogP) is 2.53. The molecule has 0 saturated carbocycles. The first-order valence-electron chi connectivity index (χ1n) is 4.07. The minimum atomic E-state index is 0.893. The van der Waals surface area contributed by atoms with Crippen molar-refractivity contribution in [2.75, 3.05) is 0 Å². The third kappa shape index (κ3) is 1.35. The zero-order chi connectivity index (χ0) is 8.39. The molecule has 56 valence electrons. The lowest BCUT2D eigenvalue weighted by Gasteiger charge is -2.01. The average Bonchev–Trinajstić information content (AvgIpc) is 2.54. The van der Waals surface area contributed by atoms with Gasteiger partial charge in [-0.1, -0.05) is 42.5 Å². The molecular formula is C11H9B. The molecule has 2 rings (SSSR count). The summed E-state index contributed by atoms with van der Waals surface area (Å²) in [4.78, 5) is 0. The highest BCUT2D eigenvalue weighted by molar-refractivity contribution is 6.23. The molecule has 0 aromatic heterocycles. The first kappa shape index (κ1) is 7.42. The maximum absolute atomic E-state index is 5.67. The Morgan fingerprint density at radius 1 is 1.00 bits per heavy atom. The summed E-state index contributed by atoms with van der Waals surface area (Å²) >= 11 is 0. The second-order valence-electron chi connectivity index (χ2n) is 2.98. The molecule has 0 saturated heterocycles. The van der Waals surface area contributed by atoms with Crippen LogP contribution in [0.2, 0.25) is 0 Å². The highest BCUT2D eigenvalue weighted by atomic mass is 14.1. The van der Waals surface area contributed by atoms with Gasteiger partial charge in [0, 0.05) is 0 Å². The van der Waals surface area contributed by atoms with E-state index in [0.29, 0.717) is 0 Å². The molecule has 0 unspecified atom stereocenters. The van der Waals surface area contributed by atoms with Crippen LogP contribution in [0.3, 0.4) is 0 Å². The molecule has 2 radical (unpaired) electrons. The van der Waals surface area contributed by atoms with E-state index < -0.39 is 0 Å². The fourth-order valence-electron chi connectivity index (χ4n) is 1.40. The second-order valence-corrected chi connectivity index (χ2v) is 2.98. The Morgan fingerprint density at radius 2 is 1.75 bits per heavy atom. The van der Waals surface area contributed by atoms with Gasteiger partial charge in [-0.05, 0) is 17.6 Å². The van der Waals surface area contributed by atoms with E-state index in [0.717, 1.165) is 11.9 Å². The van der Waals surface area contributed by atoms with E-state index >= 15 is 0 Å². The summed E-state index contributed by atoms with van der Waals surface area (Å²) in [6.45, 7) is 0. The summed E-state index contributed by atoms with van der Waals surface area (Å²) < 4.78 is 0. The van der Waals surface area contributed by atoms with Crippen LogP contribution in [0.5, 0.6) is 0 Å². The fourth-order valence-corrected chi connectivity index (χ4v) is 1.40. The van der Waals surface area contributed by atoms with Gasteiger partial charge in [0.15, 0.2) is 0 Å². The maximum Gasteiger partial charge on any atom is 0.108 e. The predicted molar refractivity (Wildman–Crippen MR) is 52.9 cm³/mol. The van der Waals surface area contributed by atoms with Crippen LogP contribution in [0.25, 0.3) is 5.57 Å². The molecule has 12 heavy (non-hydrogen) atoms. The molecule has 0 bridgehead atoms. The van der Waals surface area contributed by atoms with E-state index in [2.05, 4.69) is 18.2 Å². The van der Waals surface area contributed by atoms with E-state index in [4.69, 9.17) is 7.85 Å². The molecule has 0 fully saturated rings. The molecule has 1 aromatic carbocycles. The van der Waals surface area contributed by atoms with E-state index in [-0.39, 0.29) is 0 Å². The van der Waals surface area contributed by atoms with Crippen LogP contribution in [0.15, 0.2) is 48.0 Å². The molecule has 0 nitrogen and oxygen atoms in total. The van der Waals surface area contributed by atoms with E-state index in [1.165, 1.54) is 11.1 Å². The standard InChI is InChI=1S/C11H9B/c12-11-7-6-10(8-11)9-4-2-1-3-5-9/h1-7H,8H2. The van der Waals surface area contributed by atoms with Crippen LogP contribution in [-0.2, 0) is 0 Å². The Bertz CT molecular complexity index is 333. The van der Waals surface area contributed by atoms with Gasteiger partial charge in [-0.2, -0.15) is 0 Å². The molecule has 0 atom stereocenters. The van der Waals surface area contributed by atoms with Gasteiger partial charge in [0.2, 0.25) is 0 Å². The van der Waals surface area contributed by atoms with Crippen LogP contribution in [0.1, 0.15) is 12.0 Å². The van der Waals surface area contributed by atoms with Crippen LogP contribution in [0, 0.1) is 0 Å². The van der Waals surface area contributed by atoms with Gasteiger partial charge in [-0.15, -0.1) is 5.47 Å². The van der Waals surface area contributed by atoms with Gasteiger partial charge >= 0.3 is 0 Å². The third-order valence-corrected chi connectivity index (χ3v) is 2.04. The van der Waals surface area contributed by atoms with Crippen LogP contribution < -0.4 is 0 Å². The molecule has 1 aliphatic carbocycles. The van der Waals surface area contributed by atoms with Gasteiger partial charge < -0.3 is 0 Å². The van der Waals surface area contributed by atoms with Crippen LogP contribution in [-0.4, -0.2) is 7.85 Å². The minimum Gasteiger partial charge on any atom is -0.113 e. The summed E-state index contributed by atoms with van der Waals surface area (Å²) in [5.74, 6) is 0. The number of hydrogen-bond acceptors (Lipinski definition) is 0. The largest absolute Gasteiger partial charge is 0.113 e. The van der Waals surface area contributed by atoms with Crippen molar-refractivity contribution in [1.82, 2.24) is 0 Å². The maximum atomic E-state index is 5.67. The summed E-state index contributed by atoms with van der Waals surface area (Å²) in [5.41, 5.74) is 3.54. The van der Waals surface area contributed by atoms with Crippen molar-refractivity contribution in [1.29, 1.82) is 0 Å². The number of hydrogen-bond donors (Lipinski definition) is 0. The molecule has 0 heterocycles. The Labute approximate surface area is 74.0 Å². The molecular weight excluding hydrogens is 143 g/mol. The number of allylic oxidation sites excluding steroid dienone is 4. The lowest BCUT2D eigenvalue weighted by molar-refractivity contribution is 1.40. The van der Waals surface area contributed by atoms with Crippen molar-refractivity contribution in [3.05, 3.63) is 53.5 Å². The van der Waals surface area contributed by atoms with Crippen molar-refractivity contribution < 1.29 is 0 Å². The number of benzene rings is 1. The number of rotatable bonds is 1. The topological polar surface area (TPSA) is 0 Å². The molecule has 1 aliphatic rings. The highest BCUT2D eigenvalue weighted by Gasteiger charge is 2.04. The smallest absolute Gasteiger partial charge is 0.108 e. The first-order chi connectivity index (χ1) is 5.86. The van der Waals surface area contributed by atoms with E-state index in [1.54, 1.807) is 0 Å². The molecule has 0 aliphatic heterocycles. The average molecular weight is 152 g/mol. The Balaban J connectivity index is 2.25. The lowest BCUT2D eigenvalue weighted by atomic mass is 9.91. The van der Waals surface area contributed by atoms with Gasteiger partial charge in [-0.3, -0.25) is 0 Å². The van der Waals surface area contributed by atoms with Gasteiger partial charge in [0.25, 0.3) is 0 Å². The molecule has 0 spiro atoms. The summed E-state index contributed by atoms with van der Waals surface area (Å²) in [6, 6.07) is 10.3. The first-order valence-corrected chi connectivity index (χ1v) is 4.07. The fraction of sp³-hybridized carbons (Fsp3) is 0.0909. The summed E-state index contributed by atoms with van der Waals surface area (Å²) in [7, 11) is 5.67. The Morgan fingerprint density at radius 3 is 2.33 bits per heavy atom. The molecule has 1 aromatic rings. The molecule has 1 heteroatoms. The van der Waals surface area contributed by atoms with Crippen molar-refractivity contribution in [3.8, 4) is 0 Å². The van der Waals surface area contributed by atoms with Gasteiger partial charge in [0.1, 0.15) is 7.85 Å². The summed E-state index contributed by atoms with van der Waals surface area (Å²) in [5, 5.41) is 0. The zero-order valence-electron chi connectivity index (χ0n) is 6.83. The van der Waals surface area contributed by atoms with E-state index in [1.807, 2.05) is 24.3 Å². The molecule has 0 amide bonds. The van der Waals surface area contributed by atoms with Crippen molar-refractivity contribution in [3.63, 3.8) is 0 Å². The van der Waals surface area contributed by atoms with Crippen molar-refractivity contribution in [2.24, 2.45) is 0 Å². The zero-order valence-corrected chi connectivity index (χ0v) is 6.83. The van der Waals surface area contributed by atoms with Crippen molar-refractivity contribution in [2.45, 2.75) is 6.42 Å². The quantitative estimate of drug-likeness (QED) is 0.542. The Kier molecular flexibility index (Phi) is 1.87. The monoisotopic (exact) mass is 152 g/mol.